The molecule has 3 rings (SSSR count). The van der Waals surface area contributed by atoms with Gasteiger partial charge in [0.05, 0.1) is 5.69 Å². The average molecular weight is 339 g/mol. The van der Waals surface area contributed by atoms with Crippen molar-refractivity contribution in [1.82, 2.24) is 0 Å². The summed E-state index contributed by atoms with van der Waals surface area (Å²) in [6.07, 6.45) is 2.59. The molecule has 1 aliphatic carbocycles. The highest BCUT2D eigenvalue weighted by atomic mass is 16.5. The van der Waals surface area contributed by atoms with Crippen molar-refractivity contribution in [3.8, 4) is 5.75 Å². The third-order valence-electron chi connectivity index (χ3n) is 4.64. The van der Waals surface area contributed by atoms with E-state index in [9.17, 15) is 10.0 Å². The maximum absolute atomic E-state index is 12.0. The fourth-order valence-corrected chi connectivity index (χ4v) is 2.97. The Morgan fingerprint density at radius 2 is 1.96 bits per heavy atom. The minimum atomic E-state index is -0.319. The molecule has 0 aliphatic heterocycles. The van der Waals surface area contributed by atoms with E-state index in [4.69, 9.17) is 4.74 Å². The van der Waals surface area contributed by atoms with Gasteiger partial charge < -0.3 is 4.74 Å². The molecule has 0 unspecified atom stereocenters. The number of amides is 1. The zero-order chi connectivity index (χ0) is 18.0. The number of carbonyl (C=O) groups excluding carboxylic acids is 1. The molecule has 132 valence electrons. The zero-order valence-electron chi connectivity index (χ0n) is 15.1. The van der Waals surface area contributed by atoms with E-state index in [-0.39, 0.29) is 12.3 Å². The van der Waals surface area contributed by atoms with E-state index in [1.54, 1.807) is 6.92 Å². The number of nitrogens with zero attached hydrogens (tertiary/aromatic N) is 1. The van der Waals surface area contributed by atoms with Crippen molar-refractivity contribution in [1.29, 1.82) is 0 Å². The maximum atomic E-state index is 12.0. The predicted molar refractivity (Wildman–Crippen MR) is 98.2 cm³/mol. The van der Waals surface area contributed by atoms with Gasteiger partial charge in [-0.05, 0) is 55.9 Å². The van der Waals surface area contributed by atoms with Crippen LogP contribution in [0.25, 0.3) is 0 Å². The van der Waals surface area contributed by atoms with E-state index in [2.05, 4.69) is 12.1 Å². The van der Waals surface area contributed by atoms with E-state index in [1.165, 1.54) is 24.0 Å². The summed E-state index contributed by atoms with van der Waals surface area (Å²) < 4.78 is 5.95. The Balaban J connectivity index is 1.85. The number of aryl methyl sites for hydroxylation is 2. The third kappa shape index (κ3) is 4.02. The largest absolute Gasteiger partial charge is 0.489 e. The number of ether oxygens (including phenoxy) is 1. The van der Waals surface area contributed by atoms with Gasteiger partial charge in [0.15, 0.2) is 0 Å². The second-order valence-electron chi connectivity index (χ2n) is 6.78. The molecule has 0 atom stereocenters. The molecule has 1 amide bonds. The minimum Gasteiger partial charge on any atom is -0.489 e. The lowest BCUT2D eigenvalue weighted by Gasteiger charge is -2.20. The number of rotatable bonds is 6. The van der Waals surface area contributed by atoms with Crippen LogP contribution < -0.4 is 9.80 Å². The summed E-state index contributed by atoms with van der Waals surface area (Å²) in [5.74, 6) is 1.05. The van der Waals surface area contributed by atoms with Crippen molar-refractivity contribution in [2.45, 2.75) is 52.6 Å². The second-order valence-corrected chi connectivity index (χ2v) is 6.78. The van der Waals surface area contributed by atoms with Crippen molar-refractivity contribution in [2.75, 3.05) is 5.06 Å². The molecule has 1 N–H and O–H groups in total. The number of benzene rings is 2. The highest BCUT2D eigenvalue weighted by molar-refractivity contribution is 5.91. The van der Waals surface area contributed by atoms with Gasteiger partial charge in [-0.1, -0.05) is 36.8 Å². The van der Waals surface area contributed by atoms with Gasteiger partial charge in [0.2, 0.25) is 5.91 Å². The van der Waals surface area contributed by atoms with Gasteiger partial charge in [-0.3, -0.25) is 10.0 Å². The van der Waals surface area contributed by atoms with Crippen molar-refractivity contribution in [2.24, 2.45) is 0 Å². The van der Waals surface area contributed by atoms with Crippen molar-refractivity contribution in [3.63, 3.8) is 0 Å². The molecule has 1 fully saturated rings. The van der Waals surface area contributed by atoms with Crippen LogP contribution in [-0.4, -0.2) is 11.1 Å². The van der Waals surface area contributed by atoms with Gasteiger partial charge in [0.25, 0.3) is 0 Å². The van der Waals surface area contributed by atoms with Crippen LogP contribution in [0, 0.1) is 13.8 Å². The first-order valence-electron chi connectivity index (χ1n) is 8.84. The molecule has 1 aliphatic rings. The van der Waals surface area contributed by atoms with Gasteiger partial charge in [0, 0.05) is 12.0 Å². The molecule has 0 bridgehead atoms. The quantitative estimate of drug-likeness (QED) is 0.602. The zero-order valence-corrected chi connectivity index (χ0v) is 15.1. The molecule has 4 heteroatoms. The topological polar surface area (TPSA) is 49.8 Å². The van der Waals surface area contributed by atoms with Crippen LogP contribution in [0.5, 0.6) is 5.75 Å². The number of carbonyl (C=O) groups is 1. The molecule has 0 spiro atoms. The standard InChI is InChI=1S/C21H25NO3/c1-4-21(23)22(24)19-12-17(16-6-7-16)8-9-18(19)13-25-20-10-5-14(2)11-15(20)3/h5,8-12,16,24H,4,6-7,13H2,1-3H3. The predicted octanol–water partition coefficient (Wildman–Crippen LogP) is 4.89. The average Bonchev–Trinajstić information content (AvgIpc) is 3.44. The van der Waals surface area contributed by atoms with E-state index in [0.717, 1.165) is 21.9 Å². The van der Waals surface area contributed by atoms with Crippen LogP contribution in [-0.2, 0) is 11.4 Å². The Morgan fingerprint density at radius 3 is 2.60 bits per heavy atom. The first-order valence-corrected chi connectivity index (χ1v) is 8.84. The Hall–Kier alpha value is -2.33. The van der Waals surface area contributed by atoms with Crippen LogP contribution in [0.4, 0.5) is 5.69 Å². The van der Waals surface area contributed by atoms with Gasteiger partial charge in [-0.2, -0.15) is 5.06 Å². The molecule has 4 nitrogen and oxygen atoms in total. The summed E-state index contributed by atoms with van der Waals surface area (Å²) >= 11 is 0. The van der Waals surface area contributed by atoms with Crippen LogP contribution in [0.15, 0.2) is 36.4 Å². The fourth-order valence-electron chi connectivity index (χ4n) is 2.97. The van der Waals surface area contributed by atoms with Crippen LogP contribution in [0.3, 0.4) is 0 Å². The monoisotopic (exact) mass is 339 g/mol. The van der Waals surface area contributed by atoms with E-state index < -0.39 is 0 Å². The SMILES string of the molecule is CCC(=O)N(O)c1cc(C2CC2)ccc1COc1ccc(C)cc1C. The molecule has 0 radical (unpaired) electrons. The van der Waals surface area contributed by atoms with Crippen LogP contribution in [0.2, 0.25) is 0 Å². The molecule has 25 heavy (non-hydrogen) atoms. The molecular weight excluding hydrogens is 314 g/mol. The number of hydrogen-bond donors (Lipinski definition) is 1. The molecule has 0 saturated heterocycles. The van der Waals surface area contributed by atoms with Gasteiger partial charge in [0.1, 0.15) is 12.4 Å². The summed E-state index contributed by atoms with van der Waals surface area (Å²) in [6.45, 7) is 6.10. The van der Waals surface area contributed by atoms with E-state index >= 15 is 0 Å². The van der Waals surface area contributed by atoms with E-state index in [0.29, 0.717) is 18.2 Å². The number of anilines is 1. The normalized spacial score (nSPS) is 13.6. The molecule has 0 aromatic heterocycles. The summed E-state index contributed by atoms with van der Waals surface area (Å²) in [4.78, 5) is 12.0. The summed E-state index contributed by atoms with van der Waals surface area (Å²) in [5, 5.41) is 11.1. The van der Waals surface area contributed by atoms with Gasteiger partial charge in [-0.25, -0.2) is 0 Å². The fraction of sp³-hybridized carbons (Fsp3) is 0.381. The minimum absolute atomic E-state index is 0.252. The van der Waals surface area contributed by atoms with Crippen LogP contribution in [0.1, 0.15) is 54.4 Å². The Labute approximate surface area is 149 Å². The number of hydrogen-bond acceptors (Lipinski definition) is 3. The first-order chi connectivity index (χ1) is 12.0. The second kappa shape index (κ2) is 7.28. The Morgan fingerprint density at radius 1 is 1.20 bits per heavy atom. The lowest BCUT2D eigenvalue weighted by Crippen LogP contribution is -2.27. The van der Waals surface area contributed by atoms with Crippen molar-refractivity contribution < 1.29 is 14.7 Å². The molecule has 2 aromatic carbocycles. The van der Waals surface area contributed by atoms with Crippen LogP contribution >= 0.6 is 0 Å². The highest BCUT2D eigenvalue weighted by Gasteiger charge is 2.26. The lowest BCUT2D eigenvalue weighted by atomic mass is 10.1. The van der Waals surface area contributed by atoms with Crippen molar-refractivity contribution in [3.05, 3.63) is 58.7 Å². The van der Waals surface area contributed by atoms with E-state index in [1.807, 2.05) is 38.1 Å². The lowest BCUT2D eigenvalue weighted by molar-refractivity contribution is -0.123. The molecule has 2 aromatic rings. The first kappa shape index (κ1) is 17.5. The molecular formula is C21H25NO3. The Kier molecular flexibility index (Phi) is 5.09. The summed E-state index contributed by atoms with van der Waals surface area (Å²) in [5.41, 5.74) is 4.76. The van der Waals surface area contributed by atoms with Gasteiger partial charge in [-0.15, -0.1) is 0 Å². The Bertz CT molecular complexity index is 781. The molecule has 0 heterocycles. The smallest absolute Gasteiger partial charge is 0.250 e. The molecule has 1 saturated carbocycles. The van der Waals surface area contributed by atoms with Gasteiger partial charge >= 0.3 is 0 Å². The summed E-state index contributed by atoms with van der Waals surface area (Å²) in [6, 6.07) is 12.0. The third-order valence-corrected chi connectivity index (χ3v) is 4.64. The summed E-state index contributed by atoms with van der Waals surface area (Å²) in [7, 11) is 0. The maximum Gasteiger partial charge on any atom is 0.250 e. The highest BCUT2D eigenvalue weighted by Crippen LogP contribution is 2.41. The van der Waals surface area contributed by atoms with Crippen molar-refractivity contribution >= 4 is 11.6 Å². The number of hydroxylamine groups is 1.